The molecule has 0 saturated heterocycles. The molecule has 0 aromatic heterocycles. The average Bonchev–Trinajstić information content (AvgIpc) is 3.21. The van der Waals surface area contributed by atoms with E-state index in [2.05, 4.69) is 17.1 Å². The van der Waals surface area contributed by atoms with Crippen LogP contribution in [0.5, 0.6) is 0 Å². The van der Waals surface area contributed by atoms with Gasteiger partial charge in [0.2, 0.25) is 5.91 Å². The molecule has 2 aliphatic rings. The molecule has 2 rings (SSSR count). The summed E-state index contributed by atoms with van der Waals surface area (Å²) in [6, 6.07) is 0.572. The van der Waals surface area contributed by atoms with Crippen molar-refractivity contribution >= 4 is 5.91 Å². The lowest BCUT2D eigenvalue weighted by molar-refractivity contribution is -0.131. The van der Waals surface area contributed by atoms with Gasteiger partial charge in [-0.05, 0) is 44.6 Å². The van der Waals surface area contributed by atoms with Gasteiger partial charge in [-0.1, -0.05) is 26.2 Å². The lowest BCUT2D eigenvalue weighted by Crippen LogP contribution is -2.42. The number of hydrogen-bond acceptors (Lipinski definition) is 2. The van der Waals surface area contributed by atoms with Crippen molar-refractivity contribution in [2.45, 2.75) is 64.3 Å². The predicted octanol–water partition coefficient (Wildman–Crippen LogP) is 2.56. The van der Waals surface area contributed by atoms with Crippen LogP contribution >= 0.6 is 0 Å². The van der Waals surface area contributed by atoms with Crippen LogP contribution in [0.3, 0.4) is 0 Å². The molecule has 0 aromatic carbocycles. The van der Waals surface area contributed by atoms with E-state index in [9.17, 15) is 4.79 Å². The van der Waals surface area contributed by atoms with E-state index in [1.807, 2.05) is 0 Å². The van der Waals surface area contributed by atoms with Crippen LogP contribution in [0, 0.1) is 5.92 Å². The van der Waals surface area contributed by atoms with Crippen molar-refractivity contribution in [3.05, 3.63) is 0 Å². The minimum Gasteiger partial charge on any atom is -0.338 e. The van der Waals surface area contributed by atoms with Gasteiger partial charge in [-0.3, -0.25) is 4.79 Å². The normalized spacial score (nSPS) is 20.9. The van der Waals surface area contributed by atoms with Crippen LogP contribution in [0.25, 0.3) is 0 Å². The smallest absolute Gasteiger partial charge is 0.236 e. The summed E-state index contributed by atoms with van der Waals surface area (Å²) in [7, 11) is 0. The van der Waals surface area contributed by atoms with E-state index >= 15 is 0 Å². The van der Waals surface area contributed by atoms with Gasteiger partial charge in [0.15, 0.2) is 0 Å². The van der Waals surface area contributed by atoms with E-state index in [1.165, 1.54) is 44.9 Å². The maximum Gasteiger partial charge on any atom is 0.236 e. The number of carbonyl (C=O) groups excluding carboxylic acids is 1. The van der Waals surface area contributed by atoms with Gasteiger partial charge in [-0.25, -0.2) is 0 Å². The molecular weight excluding hydrogens is 224 g/mol. The number of nitrogens with one attached hydrogen (secondary N) is 1. The highest BCUT2D eigenvalue weighted by Crippen LogP contribution is 2.31. The molecule has 18 heavy (non-hydrogen) atoms. The number of rotatable bonds is 7. The highest BCUT2D eigenvalue weighted by molar-refractivity contribution is 5.79. The zero-order valence-corrected chi connectivity index (χ0v) is 11.8. The molecule has 0 aromatic rings. The van der Waals surface area contributed by atoms with Crippen LogP contribution in [0.1, 0.15) is 58.3 Å². The third-order valence-electron chi connectivity index (χ3n) is 4.19. The number of amides is 1. The molecule has 3 nitrogen and oxygen atoms in total. The van der Waals surface area contributed by atoms with Crippen molar-refractivity contribution in [1.82, 2.24) is 10.2 Å². The SMILES string of the molecule is CCCNCC(=O)N(CC1CCCCC1)C1CC1. The molecule has 0 aliphatic heterocycles. The Bertz CT molecular complexity index is 257. The van der Waals surface area contributed by atoms with Gasteiger partial charge in [0.25, 0.3) is 0 Å². The predicted molar refractivity (Wildman–Crippen MR) is 74.5 cm³/mol. The second-order valence-electron chi connectivity index (χ2n) is 5.96. The van der Waals surface area contributed by atoms with Gasteiger partial charge in [-0.2, -0.15) is 0 Å². The standard InChI is InChI=1S/C15H28N2O/c1-2-10-16-11-15(18)17(14-8-9-14)12-13-6-4-3-5-7-13/h13-14,16H,2-12H2,1H3. The van der Waals surface area contributed by atoms with Crippen molar-refractivity contribution in [2.75, 3.05) is 19.6 Å². The second-order valence-corrected chi connectivity index (χ2v) is 5.96. The third kappa shape index (κ3) is 4.27. The fourth-order valence-electron chi connectivity index (χ4n) is 2.96. The zero-order valence-electron chi connectivity index (χ0n) is 11.8. The van der Waals surface area contributed by atoms with Crippen molar-refractivity contribution in [3.63, 3.8) is 0 Å². The fourth-order valence-corrected chi connectivity index (χ4v) is 2.96. The minimum atomic E-state index is 0.330. The van der Waals surface area contributed by atoms with Gasteiger partial charge in [0, 0.05) is 12.6 Å². The molecule has 0 heterocycles. The Balaban J connectivity index is 1.77. The van der Waals surface area contributed by atoms with Crippen LogP contribution in [0.4, 0.5) is 0 Å². The average molecular weight is 252 g/mol. The molecule has 3 heteroatoms. The quantitative estimate of drug-likeness (QED) is 0.706. The van der Waals surface area contributed by atoms with Crippen molar-refractivity contribution in [3.8, 4) is 0 Å². The highest BCUT2D eigenvalue weighted by atomic mass is 16.2. The third-order valence-corrected chi connectivity index (χ3v) is 4.19. The molecule has 0 spiro atoms. The summed E-state index contributed by atoms with van der Waals surface area (Å²) in [5.74, 6) is 1.10. The first-order chi connectivity index (χ1) is 8.81. The summed E-state index contributed by atoms with van der Waals surface area (Å²) in [6.07, 6.45) is 10.3. The van der Waals surface area contributed by atoms with Crippen molar-refractivity contribution in [1.29, 1.82) is 0 Å². The number of nitrogens with zero attached hydrogens (tertiary/aromatic N) is 1. The molecule has 2 aliphatic carbocycles. The molecule has 0 unspecified atom stereocenters. The van der Waals surface area contributed by atoms with Crippen molar-refractivity contribution < 1.29 is 4.79 Å². The Labute approximate surface area is 111 Å². The summed E-state index contributed by atoms with van der Waals surface area (Å²) in [6.45, 7) is 4.65. The molecular formula is C15H28N2O. The van der Waals surface area contributed by atoms with Crippen LogP contribution < -0.4 is 5.32 Å². The van der Waals surface area contributed by atoms with E-state index in [1.54, 1.807) is 0 Å². The van der Waals surface area contributed by atoms with Gasteiger partial charge < -0.3 is 10.2 Å². The summed E-state index contributed by atoms with van der Waals surface area (Å²) in [5, 5.41) is 3.24. The Morgan fingerprint density at radius 1 is 1.17 bits per heavy atom. The molecule has 0 radical (unpaired) electrons. The summed E-state index contributed by atoms with van der Waals surface area (Å²) in [4.78, 5) is 14.4. The largest absolute Gasteiger partial charge is 0.338 e. The van der Waals surface area contributed by atoms with E-state index in [0.717, 1.165) is 25.4 Å². The zero-order chi connectivity index (χ0) is 12.8. The van der Waals surface area contributed by atoms with Gasteiger partial charge in [0.1, 0.15) is 0 Å². The first-order valence-corrected chi connectivity index (χ1v) is 7.81. The maximum atomic E-state index is 12.2. The van der Waals surface area contributed by atoms with Crippen LogP contribution in [-0.2, 0) is 4.79 Å². The topological polar surface area (TPSA) is 32.3 Å². The Kier molecular flexibility index (Phi) is 5.48. The first kappa shape index (κ1) is 13.9. The van der Waals surface area contributed by atoms with Gasteiger partial charge in [-0.15, -0.1) is 0 Å². The molecule has 0 atom stereocenters. The van der Waals surface area contributed by atoms with Gasteiger partial charge in [0.05, 0.1) is 6.54 Å². The van der Waals surface area contributed by atoms with Crippen LogP contribution in [0.15, 0.2) is 0 Å². The molecule has 2 fully saturated rings. The van der Waals surface area contributed by atoms with Crippen LogP contribution in [-0.4, -0.2) is 36.5 Å². The van der Waals surface area contributed by atoms with Crippen molar-refractivity contribution in [2.24, 2.45) is 5.92 Å². The van der Waals surface area contributed by atoms with E-state index in [0.29, 0.717) is 18.5 Å². The fraction of sp³-hybridized carbons (Fsp3) is 0.933. The highest BCUT2D eigenvalue weighted by Gasteiger charge is 2.33. The lowest BCUT2D eigenvalue weighted by atomic mass is 9.89. The molecule has 0 bridgehead atoms. The van der Waals surface area contributed by atoms with E-state index < -0.39 is 0 Å². The van der Waals surface area contributed by atoms with E-state index in [-0.39, 0.29) is 0 Å². The minimum absolute atomic E-state index is 0.330. The molecule has 104 valence electrons. The second kappa shape index (κ2) is 7.13. The Morgan fingerprint density at radius 2 is 1.89 bits per heavy atom. The summed E-state index contributed by atoms with van der Waals surface area (Å²) in [5.41, 5.74) is 0. The number of carbonyl (C=O) groups is 1. The maximum absolute atomic E-state index is 12.2. The molecule has 1 N–H and O–H groups in total. The summed E-state index contributed by atoms with van der Waals surface area (Å²) < 4.78 is 0. The summed E-state index contributed by atoms with van der Waals surface area (Å²) >= 11 is 0. The Morgan fingerprint density at radius 3 is 2.50 bits per heavy atom. The number of hydrogen-bond donors (Lipinski definition) is 1. The van der Waals surface area contributed by atoms with Gasteiger partial charge >= 0.3 is 0 Å². The van der Waals surface area contributed by atoms with Crippen LogP contribution in [0.2, 0.25) is 0 Å². The Hall–Kier alpha value is -0.570. The molecule has 2 saturated carbocycles. The first-order valence-electron chi connectivity index (χ1n) is 7.81. The van der Waals surface area contributed by atoms with E-state index in [4.69, 9.17) is 0 Å². The monoisotopic (exact) mass is 252 g/mol. The lowest BCUT2D eigenvalue weighted by Gasteiger charge is -2.30. The molecule has 1 amide bonds.